The van der Waals surface area contributed by atoms with Gasteiger partial charge in [0.15, 0.2) is 5.11 Å². The molecule has 2 heterocycles. The second-order valence-corrected chi connectivity index (χ2v) is 8.88. The fourth-order valence-electron chi connectivity index (χ4n) is 3.99. The van der Waals surface area contributed by atoms with Crippen molar-refractivity contribution < 1.29 is 13.9 Å². The number of nitrogens with one attached hydrogen (secondary N) is 1. The van der Waals surface area contributed by atoms with E-state index in [0.29, 0.717) is 36.1 Å². The molecule has 3 aromatic rings. The van der Waals surface area contributed by atoms with Crippen molar-refractivity contribution in [3.05, 3.63) is 72.8 Å². The fourth-order valence-corrected chi connectivity index (χ4v) is 4.49. The van der Waals surface area contributed by atoms with Gasteiger partial charge in [0.05, 0.1) is 18.0 Å². The van der Waals surface area contributed by atoms with Crippen LogP contribution in [0.15, 0.2) is 67.0 Å². The number of nitrogens with zero attached hydrogens (tertiary/aromatic N) is 3. The number of anilines is 2. The Kier molecular flexibility index (Phi) is 6.79. The van der Waals surface area contributed by atoms with Gasteiger partial charge >= 0.3 is 0 Å². The predicted molar refractivity (Wildman–Crippen MR) is 137 cm³/mol. The summed E-state index contributed by atoms with van der Waals surface area (Å²) in [6, 6.07) is 16.4. The van der Waals surface area contributed by atoms with Crippen LogP contribution in [0.25, 0.3) is 11.1 Å². The monoisotopic (exact) mass is 478 g/mol. The van der Waals surface area contributed by atoms with Gasteiger partial charge in [0.2, 0.25) is 0 Å². The van der Waals surface area contributed by atoms with E-state index < -0.39 is 11.4 Å². The quantitative estimate of drug-likeness (QED) is 0.359. The highest BCUT2D eigenvalue weighted by molar-refractivity contribution is 7.80. The Morgan fingerprint density at radius 1 is 1.06 bits per heavy atom. The first-order chi connectivity index (χ1) is 16.3. The van der Waals surface area contributed by atoms with Gasteiger partial charge in [-0.25, -0.2) is 4.39 Å². The van der Waals surface area contributed by atoms with Gasteiger partial charge in [0, 0.05) is 32.1 Å². The number of hydrogen-bond donors (Lipinski definition) is 1. The van der Waals surface area contributed by atoms with Crippen molar-refractivity contribution in [3.8, 4) is 16.9 Å². The highest BCUT2D eigenvalue weighted by Gasteiger charge is 2.49. The second kappa shape index (κ2) is 9.77. The zero-order chi connectivity index (χ0) is 24.3. The Bertz CT molecular complexity index is 1190. The molecule has 176 valence electrons. The number of hydrogen-bond acceptors (Lipinski definition) is 5. The van der Waals surface area contributed by atoms with Gasteiger partial charge in [0.25, 0.3) is 5.91 Å². The number of aromatic nitrogens is 1. The molecule has 0 aliphatic carbocycles. The number of carbonyl (C=O) groups excluding carboxylic acids is 1. The molecule has 1 saturated heterocycles. The largest absolute Gasteiger partial charge is 0.494 e. The van der Waals surface area contributed by atoms with Gasteiger partial charge in [0.1, 0.15) is 17.1 Å². The lowest BCUT2D eigenvalue weighted by Crippen LogP contribution is -2.44. The van der Waals surface area contributed by atoms with Gasteiger partial charge < -0.3 is 15.0 Å². The molecule has 6 nitrogen and oxygen atoms in total. The number of ether oxygens (including phenoxy) is 1. The molecule has 8 heteroatoms. The molecule has 0 saturated carbocycles. The lowest BCUT2D eigenvalue weighted by atomic mass is 10.0. The summed E-state index contributed by atoms with van der Waals surface area (Å²) < 4.78 is 20.2. The van der Waals surface area contributed by atoms with Crippen molar-refractivity contribution in [1.29, 1.82) is 0 Å². The standard InChI is InChI=1S/C26H27FN4O2S/c1-26(2)24(32)31(20-7-10-23(28-3)22(27)17-20)25(34)30(26)15-4-16-33-21-8-5-18(6-9-21)19-11-13-29-14-12-19/h5-14,17,28H,4,15-16H2,1-3H3. The summed E-state index contributed by atoms with van der Waals surface area (Å²) in [5.41, 5.74) is 2.15. The highest BCUT2D eigenvalue weighted by atomic mass is 32.1. The van der Waals surface area contributed by atoms with Gasteiger partial charge in [-0.05, 0) is 80.0 Å². The average molecular weight is 479 g/mol. The molecule has 0 radical (unpaired) electrons. The summed E-state index contributed by atoms with van der Waals surface area (Å²) in [7, 11) is 1.64. The third kappa shape index (κ3) is 4.59. The molecule has 0 unspecified atom stereocenters. The Hall–Kier alpha value is -3.52. The van der Waals surface area contributed by atoms with Crippen molar-refractivity contribution in [2.45, 2.75) is 25.8 Å². The topological polar surface area (TPSA) is 57.7 Å². The minimum atomic E-state index is -0.832. The normalized spacial score (nSPS) is 15.1. The lowest BCUT2D eigenvalue weighted by molar-refractivity contribution is -0.123. The van der Waals surface area contributed by atoms with Crippen LogP contribution in [0.5, 0.6) is 5.75 Å². The Balaban J connectivity index is 1.36. The Morgan fingerprint density at radius 2 is 1.74 bits per heavy atom. The molecule has 34 heavy (non-hydrogen) atoms. The van der Waals surface area contributed by atoms with E-state index in [0.717, 1.165) is 16.9 Å². The Labute approximate surface area is 204 Å². The second-order valence-electron chi connectivity index (χ2n) is 8.51. The van der Waals surface area contributed by atoms with Gasteiger partial charge in [-0.3, -0.25) is 14.7 Å². The van der Waals surface area contributed by atoms with E-state index in [9.17, 15) is 9.18 Å². The van der Waals surface area contributed by atoms with Crippen LogP contribution in [-0.2, 0) is 4.79 Å². The summed E-state index contributed by atoms with van der Waals surface area (Å²) in [5, 5.41) is 3.15. The van der Waals surface area contributed by atoms with Crippen LogP contribution < -0.4 is 15.0 Å². The van der Waals surface area contributed by atoms with E-state index in [2.05, 4.69) is 10.3 Å². The van der Waals surface area contributed by atoms with Crippen molar-refractivity contribution in [2.24, 2.45) is 0 Å². The zero-order valence-electron chi connectivity index (χ0n) is 19.4. The predicted octanol–water partition coefficient (Wildman–Crippen LogP) is 5.11. The summed E-state index contributed by atoms with van der Waals surface area (Å²) in [6.45, 7) is 4.68. The van der Waals surface area contributed by atoms with Crippen LogP contribution in [0.2, 0.25) is 0 Å². The molecule has 2 aromatic carbocycles. The van der Waals surface area contributed by atoms with Crippen molar-refractivity contribution in [3.63, 3.8) is 0 Å². The van der Waals surface area contributed by atoms with Crippen molar-refractivity contribution in [1.82, 2.24) is 9.88 Å². The molecular formula is C26H27FN4O2S. The smallest absolute Gasteiger partial charge is 0.258 e. The number of pyridine rings is 1. The molecule has 1 N–H and O–H groups in total. The first-order valence-electron chi connectivity index (χ1n) is 11.1. The third-order valence-corrected chi connectivity index (χ3v) is 6.37. The van der Waals surface area contributed by atoms with E-state index in [4.69, 9.17) is 17.0 Å². The number of rotatable bonds is 8. The lowest BCUT2D eigenvalue weighted by Gasteiger charge is -2.29. The van der Waals surface area contributed by atoms with Crippen LogP contribution in [0.4, 0.5) is 15.8 Å². The molecule has 4 rings (SSSR count). The fraction of sp³-hybridized carbons (Fsp3) is 0.269. The van der Waals surface area contributed by atoms with E-state index in [-0.39, 0.29) is 5.91 Å². The number of benzene rings is 2. The van der Waals surface area contributed by atoms with E-state index in [1.807, 2.05) is 55.1 Å². The zero-order valence-corrected chi connectivity index (χ0v) is 20.2. The van der Waals surface area contributed by atoms with Gasteiger partial charge in [-0.2, -0.15) is 0 Å². The molecule has 0 spiro atoms. The molecule has 1 fully saturated rings. The van der Waals surface area contributed by atoms with E-state index in [1.165, 1.54) is 11.0 Å². The number of thiocarbonyl (C=S) groups is 1. The van der Waals surface area contributed by atoms with Crippen LogP contribution in [0.3, 0.4) is 0 Å². The van der Waals surface area contributed by atoms with Crippen molar-refractivity contribution >= 4 is 34.6 Å². The molecule has 0 atom stereocenters. The summed E-state index contributed by atoms with van der Waals surface area (Å²) in [6.07, 6.45) is 4.21. The molecule has 1 aromatic heterocycles. The van der Waals surface area contributed by atoms with E-state index in [1.54, 1.807) is 31.6 Å². The maximum atomic E-state index is 14.3. The van der Waals surface area contributed by atoms with Crippen LogP contribution in [0, 0.1) is 5.82 Å². The first kappa shape index (κ1) is 23.6. The van der Waals surface area contributed by atoms with Crippen LogP contribution in [0.1, 0.15) is 20.3 Å². The SMILES string of the molecule is CNc1ccc(N2C(=O)C(C)(C)N(CCCOc3ccc(-c4ccncc4)cc3)C2=S)cc1F. The third-order valence-electron chi connectivity index (χ3n) is 5.97. The summed E-state index contributed by atoms with van der Waals surface area (Å²) in [4.78, 5) is 20.5. The number of carbonyl (C=O) groups is 1. The summed E-state index contributed by atoms with van der Waals surface area (Å²) in [5.74, 6) is 0.163. The van der Waals surface area contributed by atoms with E-state index >= 15 is 0 Å². The minimum Gasteiger partial charge on any atom is -0.494 e. The minimum absolute atomic E-state index is 0.179. The summed E-state index contributed by atoms with van der Waals surface area (Å²) >= 11 is 5.63. The molecule has 1 amide bonds. The number of amides is 1. The van der Waals surface area contributed by atoms with Gasteiger partial charge in [-0.15, -0.1) is 0 Å². The van der Waals surface area contributed by atoms with Crippen LogP contribution >= 0.6 is 12.2 Å². The number of halogens is 1. The Morgan fingerprint density at radius 3 is 2.38 bits per heavy atom. The van der Waals surface area contributed by atoms with Crippen LogP contribution in [-0.4, -0.2) is 46.6 Å². The molecular weight excluding hydrogens is 451 g/mol. The molecule has 0 bridgehead atoms. The highest BCUT2D eigenvalue weighted by Crippen LogP contribution is 2.33. The maximum absolute atomic E-state index is 14.3. The maximum Gasteiger partial charge on any atom is 0.258 e. The van der Waals surface area contributed by atoms with Crippen molar-refractivity contribution in [2.75, 3.05) is 30.4 Å². The molecule has 1 aliphatic heterocycles. The van der Waals surface area contributed by atoms with Gasteiger partial charge in [-0.1, -0.05) is 12.1 Å². The molecule has 1 aliphatic rings. The average Bonchev–Trinajstić information content (AvgIpc) is 3.01. The first-order valence-corrected chi connectivity index (χ1v) is 11.5.